The molecular formula is C24H28ClN5O3. The first kappa shape index (κ1) is 23.1. The zero-order valence-electron chi connectivity index (χ0n) is 18.5. The van der Waals surface area contributed by atoms with Gasteiger partial charge in [0.05, 0.1) is 16.8 Å². The highest BCUT2D eigenvalue weighted by atomic mass is 35.5. The van der Waals surface area contributed by atoms with E-state index in [-0.39, 0.29) is 30.6 Å². The molecule has 9 heteroatoms. The quantitative estimate of drug-likeness (QED) is 0.581. The number of amides is 3. The van der Waals surface area contributed by atoms with Gasteiger partial charge < -0.3 is 15.4 Å². The van der Waals surface area contributed by atoms with E-state index in [0.717, 1.165) is 38.0 Å². The van der Waals surface area contributed by atoms with E-state index < -0.39 is 0 Å². The molecule has 0 bridgehead atoms. The Morgan fingerprint density at radius 2 is 1.97 bits per heavy atom. The van der Waals surface area contributed by atoms with E-state index in [4.69, 9.17) is 16.3 Å². The second-order valence-corrected chi connectivity index (χ2v) is 8.75. The Labute approximate surface area is 198 Å². The maximum Gasteiger partial charge on any atom is 0.335 e. The van der Waals surface area contributed by atoms with Gasteiger partial charge in [0, 0.05) is 31.2 Å². The molecule has 1 saturated heterocycles. The summed E-state index contributed by atoms with van der Waals surface area (Å²) in [7, 11) is 0. The molecule has 3 amide bonds. The molecule has 1 fully saturated rings. The number of nitrogens with one attached hydrogen (secondary N) is 3. The van der Waals surface area contributed by atoms with Gasteiger partial charge in [-0.15, -0.1) is 0 Å². The molecule has 2 aliphatic heterocycles. The van der Waals surface area contributed by atoms with Gasteiger partial charge in [-0.1, -0.05) is 41.9 Å². The molecule has 8 nitrogen and oxygen atoms in total. The monoisotopic (exact) mass is 469 g/mol. The van der Waals surface area contributed by atoms with Crippen molar-refractivity contribution in [3.63, 3.8) is 0 Å². The Hall–Kier alpha value is -3.10. The van der Waals surface area contributed by atoms with E-state index in [0.29, 0.717) is 16.5 Å². The Morgan fingerprint density at radius 3 is 2.67 bits per heavy atom. The molecule has 0 aliphatic carbocycles. The highest BCUT2D eigenvalue weighted by Gasteiger charge is 2.22. The van der Waals surface area contributed by atoms with Gasteiger partial charge in [0.15, 0.2) is 6.61 Å². The highest BCUT2D eigenvalue weighted by Crippen LogP contribution is 2.26. The molecular weight excluding hydrogens is 442 g/mol. The lowest BCUT2D eigenvalue weighted by Crippen LogP contribution is -2.48. The molecule has 4 rings (SSSR count). The van der Waals surface area contributed by atoms with Gasteiger partial charge in [0.1, 0.15) is 5.75 Å². The minimum absolute atomic E-state index is 0.0989. The van der Waals surface area contributed by atoms with Crippen molar-refractivity contribution in [1.82, 2.24) is 21.0 Å². The zero-order chi connectivity index (χ0) is 23.2. The lowest BCUT2D eigenvalue weighted by Gasteiger charge is -2.32. The molecule has 0 spiro atoms. The number of nitrogens with zero attached hydrogens (tertiary/aromatic N) is 2. The number of ether oxygens (including phenoxy) is 1. The van der Waals surface area contributed by atoms with Crippen LogP contribution in [0.15, 0.2) is 53.6 Å². The maximum absolute atomic E-state index is 12.4. The summed E-state index contributed by atoms with van der Waals surface area (Å²) in [6, 6.07) is 15.2. The summed E-state index contributed by atoms with van der Waals surface area (Å²) in [6.45, 7) is 4.58. The van der Waals surface area contributed by atoms with Gasteiger partial charge >= 0.3 is 6.03 Å². The van der Waals surface area contributed by atoms with Crippen LogP contribution >= 0.6 is 11.6 Å². The molecule has 2 heterocycles. The van der Waals surface area contributed by atoms with E-state index in [1.54, 1.807) is 18.2 Å². The number of likely N-dealkylation sites (tertiary alicyclic amines) is 1. The fourth-order valence-electron chi connectivity index (χ4n) is 4.09. The largest absolute Gasteiger partial charge is 0.482 e. The topological polar surface area (TPSA) is 95.1 Å². The number of hydrazone groups is 1. The summed E-state index contributed by atoms with van der Waals surface area (Å²) < 4.78 is 5.65. The lowest BCUT2D eigenvalue weighted by molar-refractivity contribution is -0.124. The van der Waals surface area contributed by atoms with Crippen molar-refractivity contribution in [2.45, 2.75) is 38.4 Å². The van der Waals surface area contributed by atoms with E-state index in [2.05, 4.69) is 50.3 Å². The first-order valence-corrected chi connectivity index (χ1v) is 11.5. The van der Waals surface area contributed by atoms with Crippen molar-refractivity contribution >= 4 is 29.3 Å². The normalized spacial score (nSPS) is 19.3. The number of carbonyl (C=O) groups excluding carboxylic acids is 2. The first-order chi connectivity index (χ1) is 16.0. The van der Waals surface area contributed by atoms with E-state index >= 15 is 0 Å². The van der Waals surface area contributed by atoms with E-state index in [1.807, 2.05) is 13.0 Å². The van der Waals surface area contributed by atoms with E-state index in [9.17, 15) is 9.59 Å². The van der Waals surface area contributed by atoms with Gasteiger partial charge in [0.25, 0.3) is 5.91 Å². The zero-order valence-corrected chi connectivity index (χ0v) is 19.3. The predicted octanol–water partition coefficient (Wildman–Crippen LogP) is 2.91. The summed E-state index contributed by atoms with van der Waals surface area (Å²) in [6.07, 6.45) is 1.83. The van der Waals surface area contributed by atoms with Gasteiger partial charge in [-0.25, -0.2) is 10.2 Å². The maximum atomic E-state index is 12.4. The van der Waals surface area contributed by atoms with Crippen molar-refractivity contribution in [3.05, 3.63) is 64.7 Å². The summed E-state index contributed by atoms with van der Waals surface area (Å²) in [5.74, 6) is 0.267. The van der Waals surface area contributed by atoms with Crippen molar-refractivity contribution in [1.29, 1.82) is 0 Å². The van der Waals surface area contributed by atoms with Crippen LogP contribution in [0.2, 0.25) is 5.02 Å². The third-order valence-electron chi connectivity index (χ3n) is 5.82. The van der Waals surface area contributed by atoms with Crippen LogP contribution in [0.25, 0.3) is 0 Å². The van der Waals surface area contributed by atoms with Crippen molar-refractivity contribution in [2.75, 3.05) is 19.7 Å². The minimum atomic E-state index is -0.342. The van der Waals surface area contributed by atoms with Crippen molar-refractivity contribution < 1.29 is 14.3 Å². The molecule has 33 heavy (non-hydrogen) atoms. The Bertz CT molecular complexity index is 1020. The number of benzene rings is 2. The van der Waals surface area contributed by atoms with Gasteiger partial charge in [-0.2, -0.15) is 5.10 Å². The van der Waals surface area contributed by atoms with Gasteiger partial charge in [0.2, 0.25) is 0 Å². The van der Waals surface area contributed by atoms with Crippen LogP contribution in [0.3, 0.4) is 0 Å². The van der Waals surface area contributed by atoms with E-state index in [1.165, 1.54) is 5.56 Å². The van der Waals surface area contributed by atoms with Gasteiger partial charge in [-0.3, -0.25) is 9.69 Å². The first-order valence-electron chi connectivity index (χ1n) is 11.1. The summed E-state index contributed by atoms with van der Waals surface area (Å²) in [5.41, 5.74) is 5.13. The molecule has 0 aromatic heterocycles. The molecule has 0 radical (unpaired) electrons. The van der Waals surface area contributed by atoms with Crippen LogP contribution in [0.5, 0.6) is 5.75 Å². The molecule has 0 saturated carbocycles. The number of piperidine rings is 1. The third-order valence-corrected chi connectivity index (χ3v) is 6.12. The number of rotatable bonds is 7. The number of urea groups is 1. The van der Waals surface area contributed by atoms with Crippen LogP contribution in [-0.4, -0.2) is 54.3 Å². The number of halogens is 1. The van der Waals surface area contributed by atoms with Crippen LogP contribution < -0.4 is 20.8 Å². The minimum Gasteiger partial charge on any atom is -0.482 e. The van der Waals surface area contributed by atoms with Crippen LogP contribution in [0, 0.1) is 0 Å². The molecule has 2 aromatic rings. The molecule has 3 N–H and O–H groups in total. The van der Waals surface area contributed by atoms with Crippen LogP contribution in [0.4, 0.5) is 4.79 Å². The molecule has 174 valence electrons. The Kier molecular flexibility index (Phi) is 7.47. The number of carbonyl (C=O) groups is 2. The fraction of sp³-hybridized carbons (Fsp3) is 0.375. The predicted molar refractivity (Wildman–Crippen MR) is 127 cm³/mol. The van der Waals surface area contributed by atoms with Gasteiger partial charge in [-0.05, 0) is 43.5 Å². The summed E-state index contributed by atoms with van der Waals surface area (Å²) in [4.78, 5) is 26.1. The van der Waals surface area contributed by atoms with Crippen molar-refractivity contribution in [2.24, 2.45) is 5.10 Å². The molecule has 1 atom stereocenters. The Balaban J connectivity index is 1.23. The van der Waals surface area contributed by atoms with Crippen LogP contribution in [0.1, 0.15) is 30.9 Å². The highest BCUT2D eigenvalue weighted by molar-refractivity contribution is 6.32. The molecule has 1 unspecified atom stereocenters. The SMILES string of the molecule is CC1NC(=O)NN=C1c1ccc(OCC(=O)NC2CCN(Cc3ccccc3)CC2)c(Cl)c1. The number of hydrogen-bond acceptors (Lipinski definition) is 5. The second kappa shape index (κ2) is 10.7. The van der Waals surface area contributed by atoms with Crippen molar-refractivity contribution in [3.8, 4) is 5.75 Å². The Morgan fingerprint density at radius 1 is 1.21 bits per heavy atom. The summed E-state index contributed by atoms with van der Waals surface area (Å²) in [5, 5.41) is 10.3. The average Bonchev–Trinajstić information content (AvgIpc) is 2.80. The smallest absolute Gasteiger partial charge is 0.335 e. The van der Waals surface area contributed by atoms with Crippen LogP contribution in [-0.2, 0) is 11.3 Å². The average molecular weight is 470 g/mol. The number of hydrogen-bond donors (Lipinski definition) is 3. The molecule has 2 aromatic carbocycles. The summed E-state index contributed by atoms with van der Waals surface area (Å²) >= 11 is 6.36. The lowest BCUT2D eigenvalue weighted by atomic mass is 10.0. The standard InChI is InChI=1S/C24H28ClN5O3/c1-16-23(28-29-24(32)26-16)18-7-8-21(20(25)13-18)33-15-22(31)27-19-9-11-30(12-10-19)14-17-5-3-2-4-6-17/h2-8,13,16,19H,9-12,14-15H2,1H3,(H,27,31)(H2,26,29,32). The molecule has 2 aliphatic rings. The fourth-order valence-corrected chi connectivity index (χ4v) is 4.32. The third kappa shape index (κ3) is 6.24. The second-order valence-electron chi connectivity index (χ2n) is 8.34.